The van der Waals surface area contributed by atoms with E-state index in [-0.39, 0.29) is 18.4 Å². The van der Waals surface area contributed by atoms with Gasteiger partial charge in [0.2, 0.25) is 5.91 Å². The predicted molar refractivity (Wildman–Crippen MR) is 127 cm³/mol. The van der Waals surface area contributed by atoms with Gasteiger partial charge in [-0.3, -0.25) is 4.79 Å². The van der Waals surface area contributed by atoms with Crippen molar-refractivity contribution in [2.24, 2.45) is 10.9 Å². The monoisotopic (exact) mass is 440 g/mol. The molecule has 174 valence electrons. The maximum Gasteiger partial charge on any atom is 0.227 e. The Balaban J connectivity index is 1.59. The van der Waals surface area contributed by atoms with Crippen LogP contribution in [-0.4, -0.2) is 30.1 Å². The minimum absolute atomic E-state index is 0.121. The first-order valence-electron chi connectivity index (χ1n) is 11.6. The molecule has 1 aliphatic rings. The van der Waals surface area contributed by atoms with E-state index in [2.05, 4.69) is 20.9 Å². The largest absolute Gasteiger partial charge is 0.463 e. The second kappa shape index (κ2) is 11.2. The van der Waals surface area contributed by atoms with Crippen LogP contribution in [0.1, 0.15) is 63.0 Å². The number of aliphatic imine (C=N–C) groups is 1. The minimum Gasteiger partial charge on any atom is -0.463 e. The zero-order valence-corrected chi connectivity index (χ0v) is 19.4. The third kappa shape index (κ3) is 6.85. The number of aliphatic hydroxyl groups is 1. The summed E-state index contributed by atoms with van der Waals surface area (Å²) in [7, 11) is 0. The van der Waals surface area contributed by atoms with Crippen molar-refractivity contribution in [3.05, 3.63) is 53.5 Å². The van der Waals surface area contributed by atoms with Crippen LogP contribution in [0.3, 0.4) is 0 Å². The fraction of sp³-hybridized carbons (Fsp3) is 0.520. The molecule has 1 atom stereocenters. The fourth-order valence-corrected chi connectivity index (χ4v) is 3.94. The number of amides is 1. The van der Waals surface area contributed by atoms with Gasteiger partial charge in [-0.15, -0.1) is 0 Å². The highest BCUT2D eigenvalue weighted by Crippen LogP contribution is 2.25. The maximum absolute atomic E-state index is 12.5. The Bertz CT molecular complexity index is 913. The molecule has 1 aromatic heterocycles. The number of rotatable bonds is 8. The van der Waals surface area contributed by atoms with Crippen LogP contribution < -0.4 is 16.0 Å². The van der Waals surface area contributed by atoms with E-state index in [0.29, 0.717) is 24.8 Å². The van der Waals surface area contributed by atoms with Crippen LogP contribution >= 0.6 is 0 Å². The van der Waals surface area contributed by atoms with Crippen LogP contribution in [0.25, 0.3) is 0 Å². The van der Waals surface area contributed by atoms with Crippen molar-refractivity contribution in [3.63, 3.8) is 0 Å². The van der Waals surface area contributed by atoms with Gasteiger partial charge < -0.3 is 25.5 Å². The lowest BCUT2D eigenvalue weighted by Crippen LogP contribution is -2.44. The summed E-state index contributed by atoms with van der Waals surface area (Å²) < 4.78 is 5.57. The molecule has 1 amide bonds. The van der Waals surface area contributed by atoms with E-state index in [4.69, 9.17) is 4.42 Å². The van der Waals surface area contributed by atoms with E-state index in [9.17, 15) is 9.90 Å². The molecule has 0 spiro atoms. The Morgan fingerprint density at radius 2 is 1.97 bits per heavy atom. The molecule has 0 bridgehead atoms. The highest BCUT2D eigenvalue weighted by molar-refractivity contribution is 5.92. The number of hydrogen-bond donors (Lipinski definition) is 4. The zero-order chi connectivity index (χ0) is 23.0. The van der Waals surface area contributed by atoms with Crippen molar-refractivity contribution in [1.82, 2.24) is 10.6 Å². The van der Waals surface area contributed by atoms with E-state index in [1.54, 1.807) is 13.0 Å². The normalized spacial score (nSPS) is 16.9. The molecule has 0 radical (unpaired) electrons. The molecule has 1 fully saturated rings. The number of hydrogen-bond acceptors (Lipinski definition) is 4. The summed E-state index contributed by atoms with van der Waals surface area (Å²) in [5, 5.41) is 20.2. The van der Waals surface area contributed by atoms with Crippen LogP contribution in [-0.2, 0) is 16.9 Å². The standard InChI is InChI=1S/C25H36N4O3/c1-4-26-24(28-17-25(3,31)22-14-13-18(2)32-22)27-16-19-9-8-12-21(15-19)29-23(30)20-10-6-5-7-11-20/h8-9,12-15,20,31H,4-7,10-11,16-17H2,1-3H3,(H,29,30)(H2,26,27,28). The van der Waals surface area contributed by atoms with Crippen LogP contribution in [0.2, 0.25) is 0 Å². The van der Waals surface area contributed by atoms with Gasteiger partial charge in [0, 0.05) is 18.2 Å². The Morgan fingerprint density at radius 1 is 1.19 bits per heavy atom. The Morgan fingerprint density at radius 3 is 2.66 bits per heavy atom. The molecular formula is C25H36N4O3. The average molecular weight is 441 g/mol. The first-order chi connectivity index (χ1) is 15.4. The third-order valence-electron chi connectivity index (χ3n) is 5.81. The maximum atomic E-state index is 12.5. The summed E-state index contributed by atoms with van der Waals surface area (Å²) in [6.45, 7) is 6.95. The molecule has 7 heteroatoms. The molecule has 7 nitrogen and oxygen atoms in total. The second-order valence-electron chi connectivity index (χ2n) is 8.76. The Kier molecular flexibility index (Phi) is 8.33. The van der Waals surface area contributed by atoms with E-state index in [1.165, 1.54) is 6.42 Å². The molecule has 4 N–H and O–H groups in total. The summed E-state index contributed by atoms with van der Waals surface area (Å²) >= 11 is 0. The van der Waals surface area contributed by atoms with Crippen LogP contribution in [0.15, 0.2) is 45.8 Å². The number of anilines is 1. The van der Waals surface area contributed by atoms with Gasteiger partial charge in [0.25, 0.3) is 0 Å². The lowest BCUT2D eigenvalue weighted by molar-refractivity contribution is -0.120. The molecule has 1 aromatic carbocycles. The number of furan rings is 1. The molecule has 32 heavy (non-hydrogen) atoms. The second-order valence-corrected chi connectivity index (χ2v) is 8.76. The third-order valence-corrected chi connectivity index (χ3v) is 5.81. The van der Waals surface area contributed by atoms with Gasteiger partial charge in [0.1, 0.15) is 17.1 Å². The highest BCUT2D eigenvalue weighted by Gasteiger charge is 2.27. The molecule has 0 aliphatic heterocycles. The van der Waals surface area contributed by atoms with Crippen LogP contribution in [0, 0.1) is 12.8 Å². The van der Waals surface area contributed by atoms with Crippen LogP contribution in [0.5, 0.6) is 0 Å². The summed E-state index contributed by atoms with van der Waals surface area (Å²) in [5.41, 5.74) is 0.646. The van der Waals surface area contributed by atoms with Gasteiger partial charge in [0.15, 0.2) is 5.96 Å². The van der Waals surface area contributed by atoms with E-state index in [0.717, 1.165) is 42.7 Å². The molecule has 3 rings (SSSR count). The molecule has 1 aliphatic carbocycles. The summed E-state index contributed by atoms with van der Waals surface area (Å²) in [6, 6.07) is 11.4. The Labute approximate surface area is 190 Å². The number of guanidine groups is 1. The van der Waals surface area contributed by atoms with Crippen LogP contribution in [0.4, 0.5) is 5.69 Å². The molecule has 1 saturated carbocycles. The predicted octanol–water partition coefficient (Wildman–Crippen LogP) is 4.07. The van der Waals surface area contributed by atoms with E-state index in [1.807, 2.05) is 44.2 Å². The van der Waals surface area contributed by atoms with Gasteiger partial charge in [-0.1, -0.05) is 31.4 Å². The smallest absolute Gasteiger partial charge is 0.227 e. The number of carbonyl (C=O) groups is 1. The average Bonchev–Trinajstić information content (AvgIpc) is 3.24. The SMILES string of the molecule is CCNC(=NCc1cccc(NC(=O)C2CCCCC2)c1)NCC(C)(O)c1ccc(C)o1. The van der Waals surface area contributed by atoms with Gasteiger partial charge in [-0.2, -0.15) is 0 Å². The number of aryl methyl sites for hydroxylation is 1. The minimum atomic E-state index is -1.16. The first-order valence-corrected chi connectivity index (χ1v) is 11.6. The molecular weight excluding hydrogens is 404 g/mol. The first kappa shape index (κ1) is 23.9. The zero-order valence-electron chi connectivity index (χ0n) is 19.4. The number of nitrogens with zero attached hydrogens (tertiary/aromatic N) is 1. The highest BCUT2D eigenvalue weighted by atomic mass is 16.4. The lowest BCUT2D eigenvalue weighted by atomic mass is 9.88. The van der Waals surface area contributed by atoms with Crippen molar-refractivity contribution in [2.45, 2.75) is 65.0 Å². The Hall–Kier alpha value is -2.80. The number of carbonyl (C=O) groups excluding carboxylic acids is 1. The summed E-state index contributed by atoms with van der Waals surface area (Å²) in [5.74, 6) is 2.13. The quantitative estimate of drug-likeness (QED) is 0.366. The van der Waals surface area contributed by atoms with Gasteiger partial charge >= 0.3 is 0 Å². The van der Waals surface area contributed by atoms with Crippen molar-refractivity contribution in [3.8, 4) is 0 Å². The summed E-state index contributed by atoms with van der Waals surface area (Å²) in [6.07, 6.45) is 5.47. The summed E-state index contributed by atoms with van der Waals surface area (Å²) in [4.78, 5) is 17.2. The van der Waals surface area contributed by atoms with Crippen molar-refractivity contribution in [1.29, 1.82) is 0 Å². The van der Waals surface area contributed by atoms with E-state index >= 15 is 0 Å². The fourth-order valence-electron chi connectivity index (χ4n) is 3.94. The molecule has 0 saturated heterocycles. The van der Waals surface area contributed by atoms with E-state index < -0.39 is 5.60 Å². The van der Waals surface area contributed by atoms with Gasteiger partial charge in [0.05, 0.1) is 13.1 Å². The van der Waals surface area contributed by atoms with Crippen molar-refractivity contribution in [2.75, 3.05) is 18.4 Å². The van der Waals surface area contributed by atoms with Gasteiger partial charge in [-0.05, 0) is 63.4 Å². The van der Waals surface area contributed by atoms with Gasteiger partial charge in [-0.25, -0.2) is 4.99 Å². The number of nitrogens with one attached hydrogen (secondary N) is 3. The van der Waals surface area contributed by atoms with Crippen molar-refractivity contribution >= 4 is 17.6 Å². The van der Waals surface area contributed by atoms with Crippen molar-refractivity contribution < 1.29 is 14.3 Å². The molecule has 2 aromatic rings. The molecule has 1 heterocycles. The molecule has 1 unspecified atom stereocenters. The topological polar surface area (TPSA) is 98.9 Å². The number of benzene rings is 1. The lowest BCUT2D eigenvalue weighted by Gasteiger charge is -2.23.